The van der Waals surface area contributed by atoms with E-state index in [0.29, 0.717) is 0 Å². The van der Waals surface area contributed by atoms with Gasteiger partial charge in [0.05, 0.1) is 20.1 Å². The summed E-state index contributed by atoms with van der Waals surface area (Å²) < 4.78 is 4.50. The van der Waals surface area contributed by atoms with Crippen molar-refractivity contribution in [1.82, 2.24) is 0 Å². The summed E-state index contributed by atoms with van der Waals surface area (Å²) in [7, 11) is 1.37. The lowest BCUT2D eigenvalue weighted by molar-refractivity contribution is -0.139. The lowest BCUT2D eigenvalue weighted by Crippen LogP contribution is -1.96. The molecule has 0 amide bonds. The molecule has 0 bridgehead atoms. The minimum atomic E-state index is -0.252. The lowest BCUT2D eigenvalue weighted by Gasteiger charge is -1.97. The van der Waals surface area contributed by atoms with E-state index in [9.17, 15) is 4.79 Å². The Morgan fingerprint density at radius 2 is 2.07 bits per heavy atom. The standard InChI is InChI=1S/C12H14O3/c1-15-12(14)4-2-3-10-5-7-11(9-13)8-6-10/h2-3,5-8,13H,4,9H2,1H3. The fourth-order valence-electron chi connectivity index (χ4n) is 1.11. The minimum absolute atomic E-state index is 0.0478. The fraction of sp³-hybridized carbons (Fsp3) is 0.250. The van der Waals surface area contributed by atoms with Crippen molar-refractivity contribution in [3.63, 3.8) is 0 Å². The molecule has 0 fully saturated rings. The van der Waals surface area contributed by atoms with Gasteiger partial charge in [0.2, 0.25) is 0 Å². The Bertz CT molecular complexity index is 338. The maximum Gasteiger partial charge on any atom is 0.309 e. The van der Waals surface area contributed by atoms with E-state index in [1.54, 1.807) is 6.08 Å². The van der Waals surface area contributed by atoms with E-state index in [0.717, 1.165) is 11.1 Å². The molecule has 0 radical (unpaired) electrons. The zero-order valence-electron chi connectivity index (χ0n) is 8.64. The van der Waals surface area contributed by atoms with Gasteiger partial charge in [0.15, 0.2) is 0 Å². The van der Waals surface area contributed by atoms with Gasteiger partial charge in [-0.3, -0.25) is 4.79 Å². The second kappa shape index (κ2) is 5.98. The monoisotopic (exact) mass is 206 g/mol. The van der Waals surface area contributed by atoms with Crippen LogP contribution in [0, 0.1) is 0 Å². The third kappa shape index (κ3) is 3.95. The number of rotatable bonds is 4. The van der Waals surface area contributed by atoms with Crippen molar-refractivity contribution in [3.8, 4) is 0 Å². The average Bonchev–Trinajstić information content (AvgIpc) is 2.29. The molecule has 0 heterocycles. The number of esters is 1. The topological polar surface area (TPSA) is 46.5 Å². The third-order valence-corrected chi connectivity index (χ3v) is 1.98. The van der Waals surface area contributed by atoms with Gasteiger partial charge in [-0.15, -0.1) is 0 Å². The van der Waals surface area contributed by atoms with Crippen molar-refractivity contribution < 1.29 is 14.6 Å². The zero-order valence-corrected chi connectivity index (χ0v) is 8.64. The summed E-state index contributed by atoms with van der Waals surface area (Å²) >= 11 is 0. The molecule has 0 spiro atoms. The molecule has 1 rings (SSSR count). The summed E-state index contributed by atoms with van der Waals surface area (Å²) in [4.78, 5) is 10.8. The number of carbonyl (C=O) groups is 1. The van der Waals surface area contributed by atoms with E-state index in [1.807, 2.05) is 30.3 Å². The molecule has 0 saturated carbocycles. The molecule has 0 aliphatic carbocycles. The Kier molecular flexibility index (Phi) is 4.57. The largest absolute Gasteiger partial charge is 0.469 e. The molecule has 0 atom stereocenters. The Balaban J connectivity index is 2.53. The van der Waals surface area contributed by atoms with Gasteiger partial charge in [-0.1, -0.05) is 36.4 Å². The Hall–Kier alpha value is -1.61. The first-order valence-corrected chi connectivity index (χ1v) is 4.69. The molecular formula is C12H14O3. The molecule has 15 heavy (non-hydrogen) atoms. The summed E-state index contributed by atoms with van der Waals surface area (Å²) in [5.74, 6) is -0.252. The fourth-order valence-corrected chi connectivity index (χ4v) is 1.11. The maximum atomic E-state index is 10.8. The van der Waals surface area contributed by atoms with Crippen LogP contribution < -0.4 is 0 Å². The highest BCUT2D eigenvalue weighted by Gasteiger charge is 1.94. The van der Waals surface area contributed by atoms with Crippen molar-refractivity contribution in [2.75, 3.05) is 7.11 Å². The van der Waals surface area contributed by atoms with E-state index in [4.69, 9.17) is 5.11 Å². The van der Waals surface area contributed by atoms with Gasteiger partial charge in [0.25, 0.3) is 0 Å². The first kappa shape index (κ1) is 11.5. The molecule has 0 aliphatic rings. The van der Waals surface area contributed by atoms with Crippen molar-refractivity contribution in [3.05, 3.63) is 41.5 Å². The Morgan fingerprint density at radius 3 is 2.60 bits per heavy atom. The van der Waals surface area contributed by atoms with Crippen LogP contribution in [0.1, 0.15) is 17.5 Å². The number of carbonyl (C=O) groups excluding carboxylic acids is 1. The van der Waals surface area contributed by atoms with Crippen molar-refractivity contribution in [2.24, 2.45) is 0 Å². The van der Waals surface area contributed by atoms with Crippen LogP contribution in [0.5, 0.6) is 0 Å². The van der Waals surface area contributed by atoms with Gasteiger partial charge in [-0.05, 0) is 11.1 Å². The molecule has 3 heteroatoms. The number of aliphatic hydroxyl groups excluding tert-OH is 1. The van der Waals surface area contributed by atoms with E-state index in [1.165, 1.54) is 7.11 Å². The predicted molar refractivity (Wildman–Crippen MR) is 58.0 cm³/mol. The highest BCUT2D eigenvalue weighted by atomic mass is 16.5. The van der Waals surface area contributed by atoms with Gasteiger partial charge in [-0.2, -0.15) is 0 Å². The summed E-state index contributed by atoms with van der Waals surface area (Å²) in [6.07, 6.45) is 3.87. The smallest absolute Gasteiger partial charge is 0.309 e. The summed E-state index contributed by atoms with van der Waals surface area (Å²) in [5.41, 5.74) is 1.87. The second-order valence-corrected chi connectivity index (χ2v) is 3.08. The molecule has 0 unspecified atom stereocenters. The van der Waals surface area contributed by atoms with Gasteiger partial charge < -0.3 is 9.84 Å². The first-order valence-electron chi connectivity index (χ1n) is 4.69. The van der Waals surface area contributed by atoms with Crippen molar-refractivity contribution in [2.45, 2.75) is 13.0 Å². The molecule has 0 aromatic heterocycles. The summed E-state index contributed by atoms with van der Waals surface area (Å²) in [5, 5.41) is 8.83. The predicted octanol–water partition coefficient (Wildman–Crippen LogP) is 1.76. The number of aliphatic hydroxyl groups is 1. The zero-order chi connectivity index (χ0) is 11.1. The minimum Gasteiger partial charge on any atom is -0.469 e. The van der Waals surface area contributed by atoms with E-state index < -0.39 is 0 Å². The molecule has 80 valence electrons. The number of ether oxygens (including phenoxy) is 1. The average molecular weight is 206 g/mol. The normalized spacial score (nSPS) is 10.5. The lowest BCUT2D eigenvalue weighted by atomic mass is 10.1. The van der Waals surface area contributed by atoms with Crippen LogP contribution in [0.2, 0.25) is 0 Å². The van der Waals surface area contributed by atoms with Gasteiger partial charge >= 0.3 is 5.97 Å². The molecule has 1 aromatic carbocycles. The molecule has 0 saturated heterocycles. The first-order chi connectivity index (χ1) is 7.26. The quantitative estimate of drug-likeness (QED) is 0.763. The summed E-state index contributed by atoms with van der Waals surface area (Å²) in [6, 6.07) is 7.47. The highest BCUT2D eigenvalue weighted by Crippen LogP contribution is 2.06. The molecule has 1 aromatic rings. The Labute approximate surface area is 89.0 Å². The number of benzene rings is 1. The van der Waals surface area contributed by atoms with Crippen LogP contribution >= 0.6 is 0 Å². The van der Waals surface area contributed by atoms with E-state index >= 15 is 0 Å². The van der Waals surface area contributed by atoms with E-state index in [2.05, 4.69) is 4.74 Å². The van der Waals surface area contributed by atoms with Gasteiger partial charge in [0, 0.05) is 0 Å². The van der Waals surface area contributed by atoms with Crippen LogP contribution in [0.25, 0.3) is 6.08 Å². The SMILES string of the molecule is COC(=O)CC=Cc1ccc(CO)cc1. The van der Waals surface area contributed by atoms with Crippen LogP contribution in [-0.2, 0) is 16.1 Å². The second-order valence-electron chi connectivity index (χ2n) is 3.08. The number of hydrogen-bond donors (Lipinski definition) is 1. The van der Waals surface area contributed by atoms with Gasteiger partial charge in [-0.25, -0.2) is 0 Å². The highest BCUT2D eigenvalue weighted by molar-refractivity contribution is 5.72. The van der Waals surface area contributed by atoms with Gasteiger partial charge in [0.1, 0.15) is 0 Å². The van der Waals surface area contributed by atoms with Crippen molar-refractivity contribution in [1.29, 1.82) is 0 Å². The van der Waals surface area contributed by atoms with E-state index in [-0.39, 0.29) is 19.0 Å². The molecular weight excluding hydrogens is 192 g/mol. The third-order valence-electron chi connectivity index (χ3n) is 1.98. The van der Waals surface area contributed by atoms with Crippen molar-refractivity contribution >= 4 is 12.0 Å². The van der Waals surface area contributed by atoms with Crippen LogP contribution in [0.15, 0.2) is 30.3 Å². The number of methoxy groups -OCH3 is 1. The van der Waals surface area contributed by atoms with Crippen LogP contribution in [0.3, 0.4) is 0 Å². The Morgan fingerprint density at radius 1 is 1.40 bits per heavy atom. The molecule has 1 N–H and O–H groups in total. The summed E-state index contributed by atoms with van der Waals surface area (Å²) in [6.45, 7) is 0.0478. The number of hydrogen-bond acceptors (Lipinski definition) is 3. The molecule has 0 aliphatic heterocycles. The maximum absolute atomic E-state index is 10.8. The van der Waals surface area contributed by atoms with Crippen LogP contribution in [0.4, 0.5) is 0 Å². The van der Waals surface area contributed by atoms with Crippen LogP contribution in [-0.4, -0.2) is 18.2 Å². The molecule has 3 nitrogen and oxygen atoms in total.